The van der Waals surface area contributed by atoms with Gasteiger partial charge in [0.1, 0.15) is 0 Å². The molecule has 1 N–H and O–H groups in total. The molecule has 0 heterocycles. The van der Waals surface area contributed by atoms with E-state index in [0.29, 0.717) is 23.2 Å². The molecule has 1 amide bonds. The number of hydrogen-bond acceptors (Lipinski definition) is 4. The van der Waals surface area contributed by atoms with Gasteiger partial charge in [-0.3, -0.25) is 4.79 Å². The number of rotatable bonds is 9. The molecule has 0 fully saturated rings. The van der Waals surface area contributed by atoms with Crippen LogP contribution in [0, 0.1) is 5.92 Å². The third kappa shape index (κ3) is 5.78. The van der Waals surface area contributed by atoms with E-state index in [2.05, 4.69) is 19.2 Å². The summed E-state index contributed by atoms with van der Waals surface area (Å²) in [5.74, 6) is 1.92. The number of hydrogen-bond donors (Lipinski definition) is 1. The topological polar surface area (TPSA) is 56.8 Å². The van der Waals surface area contributed by atoms with Gasteiger partial charge in [0.2, 0.25) is 11.7 Å². The Labute approximate surface area is 167 Å². The highest BCUT2D eigenvalue weighted by atomic mass is 16.5. The normalized spacial score (nSPS) is 12.1. The zero-order chi connectivity index (χ0) is 20.5. The van der Waals surface area contributed by atoms with Crippen molar-refractivity contribution in [3.05, 3.63) is 59.7 Å². The maximum atomic E-state index is 12.5. The summed E-state index contributed by atoms with van der Waals surface area (Å²) in [6, 6.07) is 13.6. The molecule has 2 rings (SSSR count). The summed E-state index contributed by atoms with van der Waals surface area (Å²) in [6.07, 6.45) is 4.13. The minimum Gasteiger partial charge on any atom is -0.493 e. The van der Waals surface area contributed by atoms with Crippen LogP contribution in [0.5, 0.6) is 17.2 Å². The second-order valence-electron chi connectivity index (χ2n) is 6.89. The zero-order valence-electron chi connectivity index (χ0n) is 17.2. The quantitative estimate of drug-likeness (QED) is 0.642. The van der Waals surface area contributed by atoms with Crippen molar-refractivity contribution >= 4 is 12.0 Å². The third-order valence-corrected chi connectivity index (χ3v) is 4.34. The minimum atomic E-state index is -0.150. The van der Waals surface area contributed by atoms with Crippen LogP contribution < -0.4 is 19.5 Å². The lowest BCUT2D eigenvalue weighted by Crippen LogP contribution is -2.27. The summed E-state index contributed by atoms with van der Waals surface area (Å²) in [4.78, 5) is 12.5. The van der Waals surface area contributed by atoms with Crippen molar-refractivity contribution in [2.75, 3.05) is 21.3 Å². The first-order valence-electron chi connectivity index (χ1n) is 9.32. The van der Waals surface area contributed by atoms with E-state index in [1.165, 1.54) is 6.08 Å². The lowest BCUT2D eigenvalue weighted by atomic mass is 9.97. The smallest absolute Gasteiger partial charge is 0.244 e. The molecule has 0 aromatic heterocycles. The van der Waals surface area contributed by atoms with Crippen molar-refractivity contribution in [2.24, 2.45) is 5.92 Å². The highest BCUT2D eigenvalue weighted by Crippen LogP contribution is 2.38. The van der Waals surface area contributed by atoms with Gasteiger partial charge in [-0.05, 0) is 41.7 Å². The van der Waals surface area contributed by atoms with Crippen LogP contribution in [0.4, 0.5) is 0 Å². The number of benzene rings is 2. The predicted molar refractivity (Wildman–Crippen MR) is 112 cm³/mol. The highest BCUT2D eigenvalue weighted by molar-refractivity contribution is 5.92. The van der Waals surface area contributed by atoms with Crippen molar-refractivity contribution in [3.8, 4) is 17.2 Å². The van der Waals surface area contributed by atoms with Crippen molar-refractivity contribution < 1.29 is 19.0 Å². The van der Waals surface area contributed by atoms with Gasteiger partial charge in [-0.15, -0.1) is 0 Å². The fourth-order valence-electron chi connectivity index (χ4n) is 3.02. The van der Waals surface area contributed by atoms with Gasteiger partial charge in [-0.25, -0.2) is 0 Å². The number of methoxy groups -OCH3 is 3. The Bertz CT molecular complexity index is 774. The molecule has 0 aliphatic carbocycles. The molecule has 5 nitrogen and oxygen atoms in total. The van der Waals surface area contributed by atoms with Crippen molar-refractivity contribution in [1.29, 1.82) is 0 Å². The van der Waals surface area contributed by atoms with Crippen LogP contribution >= 0.6 is 0 Å². The van der Waals surface area contributed by atoms with E-state index < -0.39 is 0 Å². The lowest BCUT2D eigenvalue weighted by molar-refractivity contribution is -0.117. The van der Waals surface area contributed by atoms with Gasteiger partial charge in [0, 0.05) is 6.08 Å². The fraction of sp³-hybridized carbons (Fsp3) is 0.348. The molecule has 150 valence electrons. The third-order valence-electron chi connectivity index (χ3n) is 4.34. The summed E-state index contributed by atoms with van der Waals surface area (Å²) in [7, 11) is 4.68. The van der Waals surface area contributed by atoms with Gasteiger partial charge in [-0.1, -0.05) is 44.2 Å². The van der Waals surface area contributed by atoms with E-state index in [1.54, 1.807) is 39.5 Å². The zero-order valence-corrected chi connectivity index (χ0v) is 17.2. The summed E-state index contributed by atoms with van der Waals surface area (Å²) in [5.41, 5.74) is 1.88. The molecular weight excluding hydrogens is 354 g/mol. The van der Waals surface area contributed by atoms with E-state index in [1.807, 2.05) is 30.3 Å². The minimum absolute atomic E-state index is 0.0294. The van der Waals surface area contributed by atoms with Crippen molar-refractivity contribution in [3.63, 3.8) is 0 Å². The standard InChI is InChI=1S/C23H29NO4/c1-16(2)13-19(18-9-7-6-8-10-18)24-22(25)12-11-17-14-20(26-3)23(28-5)21(15-17)27-4/h6-12,14-16,19H,13H2,1-5H3,(H,24,25)/b12-11+/t19-/m0/s1. The summed E-state index contributed by atoms with van der Waals surface area (Å²) in [6.45, 7) is 4.29. The van der Waals surface area contributed by atoms with Gasteiger partial charge in [0.15, 0.2) is 11.5 Å². The summed E-state index contributed by atoms with van der Waals surface area (Å²) < 4.78 is 16.0. The van der Waals surface area contributed by atoms with Gasteiger partial charge in [0.05, 0.1) is 27.4 Å². The van der Waals surface area contributed by atoms with E-state index >= 15 is 0 Å². The Hall–Kier alpha value is -2.95. The maximum absolute atomic E-state index is 12.5. The fourth-order valence-corrected chi connectivity index (χ4v) is 3.02. The number of carbonyl (C=O) groups is 1. The van der Waals surface area contributed by atoms with Gasteiger partial charge < -0.3 is 19.5 Å². The summed E-state index contributed by atoms with van der Waals surface area (Å²) >= 11 is 0. The second kappa shape index (κ2) is 10.4. The molecule has 0 radical (unpaired) electrons. The van der Waals surface area contributed by atoms with E-state index in [-0.39, 0.29) is 11.9 Å². The number of ether oxygens (including phenoxy) is 3. The molecule has 1 atom stereocenters. The molecule has 0 aliphatic rings. The average molecular weight is 383 g/mol. The van der Waals surface area contributed by atoms with Crippen molar-refractivity contribution in [2.45, 2.75) is 26.3 Å². The largest absolute Gasteiger partial charge is 0.493 e. The van der Waals surface area contributed by atoms with Crippen LogP contribution in [0.2, 0.25) is 0 Å². The lowest BCUT2D eigenvalue weighted by Gasteiger charge is -2.20. The molecule has 0 unspecified atom stereocenters. The average Bonchev–Trinajstić information content (AvgIpc) is 2.71. The number of carbonyl (C=O) groups excluding carboxylic acids is 1. The first kappa shape index (κ1) is 21.4. The SMILES string of the molecule is COc1cc(/C=C/C(=O)N[C@@H](CC(C)C)c2ccccc2)cc(OC)c1OC. The van der Waals surface area contributed by atoms with Crippen molar-refractivity contribution in [1.82, 2.24) is 5.32 Å². The van der Waals surface area contributed by atoms with Gasteiger partial charge in [0.25, 0.3) is 0 Å². The van der Waals surface area contributed by atoms with Crippen LogP contribution in [-0.2, 0) is 4.79 Å². The predicted octanol–water partition coefficient (Wildman–Crippen LogP) is 4.63. The molecule has 2 aromatic rings. The Kier molecular flexibility index (Phi) is 7.93. The Morgan fingerprint density at radius 2 is 1.61 bits per heavy atom. The Balaban J connectivity index is 2.17. The second-order valence-corrected chi connectivity index (χ2v) is 6.89. The molecule has 0 spiro atoms. The van der Waals surface area contributed by atoms with Gasteiger partial charge in [-0.2, -0.15) is 0 Å². The van der Waals surface area contributed by atoms with Crippen LogP contribution in [0.3, 0.4) is 0 Å². The van der Waals surface area contributed by atoms with Crippen LogP contribution in [0.15, 0.2) is 48.5 Å². The van der Waals surface area contributed by atoms with Crippen LogP contribution in [-0.4, -0.2) is 27.2 Å². The summed E-state index contributed by atoms with van der Waals surface area (Å²) in [5, 5.41) is 3.10. The number of nitrogens with one attached hydrogen (secondary N) is 1. The van der Waals surface area contributed by atoms with Crippen LogP contribution in [0.1, 0.15) is 37.4 Å². The first-order chi connectivity index (χ1) is 13.5. The van der Waals surface area contributed by atoms with Gasteiger partial charge >= 0.3 is 0 Å². The molecular formula is C23H29NO4. The molecule has 28 heavy (non-hydrogen) atoms. The molecule has 0 aliphatic heterocycles. The van der Waals surface area contributed by atoms with E-state index in [0.717, 1.165) is 17.5 Å². The molecule has 0 bridgehead atoms. The van der Waals surface area contributed by atoms with E-state index in [9.17, 15) is 4.79 Å². The highest BCUT2D eigenvalue weighted by Gasteiger charge is 2.15. The molecule has 2 aromatic carbocycles. The number of amides is 1. The van der Waals surface area contributed by atoms with Crippen LogP contribution in [0.25, 0.3) is 6.08 Å². The molecule has 0 saturated carbocycles. The first-order valence-corrected chi connectivity index (χ1v) is 9.32. The maximum Gasteiger partial charge on any atom is 0.244 e. The van der Waals surface area contributed by atoms with E-state index in [4.69, 9.17) is 14.2 Å². The molecule has 5 heteroatoms. The Morgan fingerprint density at radius 1 is 1.00 bits per heavy atom. The molecule has 0 saturated heterocycles. The monoisotopic (exact) mass is 383 g/mol. The Morgan fingerprint density at radius 3 is 2.11 bits per heavy atom.